The van der Waals surface area contributed by atoms with Crippen LogP contribution in [-0.4, -0.2) is 42.7 Å². The molecule has 0 saturated heterocycles. The van der Waals surface area contributed by atoms with Gasteiger partial charge in [-0.2, -0.15) is 10.2 Å². The van der Waals surface area contributed by atoms with Crippen LogP contribution >= 0.6 is 0 Å². The van der Waals surface area contributed by atoms with Gasteiger partial charge < -0.3 is 9.84 Å². The first-order chi connectivity index (χ1) is 10.6. The maximum Gasteiger partial charge on any atom is 0.356 e. The normalized spacial score (nSPS) is 10.6. The van der Waals surface area contributed by atoms with Gasteiger partial charge in [0.15, 0.2) is 5.69 Å². The summed E-state index contributed by atoms with van der Waals surface area (Å²) in [4.78, 5) is 15.3. The Morgan fingerprint density at radius 2 is 2.09 bits per heavy atom. The molecule has 0 amide bonds. The highest BCUT2D eigenvalue weighted by Crippen LogP contribution is 2.23. The lowest BCUT2D eigenvalue weighted by atomic mass is 10.2. The fourth-order valence-corrected chi connectivity index (χ4v) is 2.04. The van der Waals surface area contributed by atoms with Gasteiger partial charge >= 0.3 is 5.97 Å². The van der Waals surface area contributed by atoms with E-state index in [2.05, 4.69) is 15.2 Å². The van der Waals surface area contributed by atoms with Gasteiger partial charge in [0, 0.05) is 25.4 Å². The summed E-state index contributed by atoms with van der Waals surface area (Å²) < 4.78 is 8.15. The number of nitrogens with zero attached hydrogens (tertiary/aromatic N) is 5. The van der Waals surface area contributed by atoms with Crippen LogP contribution in [0.4, 0.5) is 0 Å². The second-order valence-corrected chi connectivity index (χ2v) is 4.57. The van der Waals surface area contributed by atoms with E-state index in [-0.39, 0.29) is 5.69 Å². The fourth-order valence-electron chi connectivity index (χ4n) is 2.04. The van der Waals surface area contributed by atoms with Crippen molar-refractivity contribution < 1.29 is 14.6 Å². The van der Waals surface area contributed by atoms with Gasteiger partial charge in [-0.15, -0.1) is 0 Å². The Morgan fingerprint density at radius 1 is 1.27 bits per heavy atom. The molecular formula is C14H13N5O3. The average molecular weight is 299 g/mol. The first-order valence-corrected chi connectivity index (χ1v) is 6.42. The molecular weight excluding hydrogens is 286 g/mol. The molecule has 1 N–H and O–H groups in total. The van der Waals surface area contributed by atoms with Gasteiger partial charge in [0.2, 0.25) is 5.88 Å². The molecule has 0 aliphatic rings. The van der Waals surface area contributed by atoms with E-state index in [9.17, 15) is 4.79 Å². The van der Waals surface area contributed by atoms with Gasteiger partial charge in [-0.05, 0) is 12.1 Å². The number of hydrogen-bond donors (Lipinski definition) is 1. The Hall–Kier alpha value is -3.16. The van der Waals surface area contributed by atoms with Gasteiger partial charge in [-0.25, -0.2) is 14.5 Å². The average Bonchev–Trinajstić information content (AvgIpc) is 3.13. The lowest BCUT2D eigenvalue weighted by Gasteiger charge is -2.06. The molecule has 0 aromatic carbocycles. The zero-order valence-corrected chi connectivity index (χ0v) is 12.0. The molecule has 0 radical (unpaired) electrons. The van der Waals surface area contributed by atoms with Crippen molar-refractivity contribution in [1.29, 1.82) is 0 Å². The quantitative estimate of drug-likeness (QED) is 0.782. The highest BCUT2D eigenvalue weighted by molar-refractivity contribution is 5.87. The Morgan fingerprint density at radius 3 is 2.64 bits per heavy atom. The summed E-state index contributed by atoms with van der Waals surface area (Å²) in [6, 6.07) is 6.70. The van der Waals surface area contributed by atoms with Gasteiger partial charge in [0.05, 0.1) is 24.7 Å². The Labute approximate surface area is 125 Å². The number of pyridine rings is 1. The van der Waals surface area contributed by atoms with Crippen LogP contribution in [0.3, 0.4) is 0 Å². The standard InChI is InChI=1S/C14H13N5O3/c1-18-6-5-10(16-18)12-7-11(14(20)21)17-19(12)9-3-4-13(22-2)15-8-9/h3-8H,1-2H3,(H,20,21). The summed E-state index contributed by atoms with van der Waals surface area (Å²) in [5, 5.41) is 17.6. The van der Waals surface area contributed by atoms with Crippen LogP contribution in [0.5, 0.6) is 5.88 Å². The summed E-state index contributed by atoms with van der Waals surface area (Å²) in [5.74, 6) is -0.633. The number of ether oxygens (including phenoxy) is 1. The van der Waals surface area contributed by atoms with Crippen LogP contribution in [0.25, 0.3) is 17.1 Å². The van der Waals surface area contributed by atoms with Crippen LogP contribution in [0.2, 0.25) is 0 Å². The molecule has 0 aliphatic heterocycles. The van der Waals surface area contributed by atoms with E-state index >= 15 is 0 Å². The van der Waals surface area contributed by atoms with Crippen LogP contribution in [-0.2, 0) is 7.05 Å². The molecule has 8 nitrogen and oxygen atoms in total. The maximum atomic E-state index is 11.2. The van der Waals surface area contributed by atoms with Crippen molar-refractivity contribution in [1.82, 2.24) is 24.5 Å². The predicted octanol–water partition coefficient (Wildman–Crippen LogP) is 1.37. The van der Waals surface area contributed by atoms with E-state index in [4.69, 9.17) is 9.84 Å². The predicted molar refractivity (Wildman–Crippen MR) is 77.1 cm³/mol. The summed E-state index contributed by atoms with van der Waals surface area (Å²) in [5.41, 5.74) is 1.76. The topological polar surface area (TPSA) is 95.1 Å². The molecule has 0 fully saturated rings. The highest BCUT2D eigenvalue weighted by atomic mass is 16.5. The smallest absolute Gasteiger partial charge is 0.356 e. The van der Waals surface area contributed by atoms with Crippen molar-refractivity contribution in [2.45, 2.75) is 0 Å². The Kier molecular flexibility index (Phi) is 3.34. The lowest BCUT2D eigenvalue weighted by Crippen LogP contribution is -2.03. The highest BCUT2D eigenvalue weighted by Gasteiger charge is 2.17. The molecule has 112 valence electrons. The van der Waals surface area contributed by atoms with Gasteiger partial charge in [0.25, 0.3) is 0 Å². The van der Waals surface area contributed by atoms with Crippen LogP contribution in [0, 0.1) is 0 Å². The Bertz CT molecular complexity index is 819. The summed E-state index contributed by atoms with van der Waals surface area (Å²) in [6.07, 6.45) is 3.34. The van der Waals surface area contributed by atoms with E-state index in [1.54, 1.807) is 42.3 Å². The summed E-state index contributed by atoms with van der Waals surface area (Å²) in [7, 11) is 3.31. The maximum absolute atomic E-state index is 11.2. The molecule has 0 spiro atoms. The van der Waals surface area contributed by atoms with E-state index < -0.39 is 5.97 Å². The van der Waals surface area contributed by atoms with Crippen LogP contribution in [0.15, 0.2) is 36.7 Å². The molecule has 0 aliphatic carbocycles. The molecule has 8 heteroatoms. The number of aromatic carboxylic acids is 1. The van der Waals surface area contributed by atoms with Crippen molar-refractivity contribution in [2.75, 3.05) is 7.11 Å². The SMILES string of the molecule is COc1ccc(-n2nc(C(=O)O)cc2-c2ccn(C)n2)cn1. The van der Waals surface area contributed by atoms with E-state index in [0.29, 0.717) is 23.0 Å². The number of carboxylic acid groups (broad SMARTS) is 1. The molecule has 22 heavy (non-hydrogen) atoms. The number of carbonyl (C=O) groups is 1. The minimum absolute atomic E-state index is 0.0588. The molecule has 3 aromatic rings. The largest absolute Gasteiger partial charge is 0.481 e. The molecule has 0 bridgehead atoms. The summed E-state index contributed by atoms with van der Waals surface area (Å²) >= 11 is 0. The second-order valence-electron chi connectivity index (χ2n) is 4.57. The van der Waals surface area contributed by atoms with E-state index in [1.165, 1.54) is 17.9 Å². The third-order valence-electron chi connectivity index (χ3n) is 3.08. The number of rotatable bonds is 4. The van der Waals surface area contributed by atoms with Crippen molar-refractivity contribution in [3.05, 3.63) is 42.4 Å². The second kappa shape index (κ2) is 5.32. The molecule has 0 saturated carbocycles. The summed E-state index contributed by atoms with van der Waals surface area (Å²) in [6.45, 7) is 0. The molecule has 0 unspecified atom stereocenters. The number of methoxy groups -OCH3 is 1. The number of carboxylic acids is 1. The van der Waals surface area contributed by atoms with Crippen LogP contribution in [0.1, 0.15) is 10.5 Å². The van der Waals surface area contributed by atoms with Gasteiger partial charge in [-0.1, -0.05) is 0 Å². The molecule has 3 heterocycles. The van der Waals surface area contributed by atoms with Crippen molar-refractivity contribution in [3.63, 3.8) is 0 Å². The fraction of sp³-hybridized carbons (Fsp3) is 0.143. The zero-order valence-electron chi connectivity index (χ0n) is 12.0. The zero-order chi connectivity index (χ0) is 15.7. The third-order valence-corrected chi connectivity index (χ3v) is 3.08. The van der Waals surface area contributed by atoms with Gasteiger partial charge in [0.1, 0.15) is 5.69 Å². The molecule has 3 aromatic heterocycles. The number of hydrogen-bond acceptors (Lipinski definition) is 5. The van der Waals surface area contributed by atoms with Crippen LogP contribution < -0.4 is 4.74 Å². The lowest BCUT2D eigenvalue weighted by molar-refractivity contribution is 0.0690. The third kappa shape index (κ3) is 2.41. The molecule has 0 atom stereocenters. The van der Waals surface area contributed by atoms with E-state index in [0.717, 1.165) is 0 Å². The molecule has 3 rings (SSSR count). The minimum Gasteiger partial charge on any atom is -0.481 e. The number of aryl methyl sites for hydroxylation is 1. The van der Waals surface area contributed by atoms with Crippen molar-refractivity contribution in [2.24, 2.45) is 7.05 Å². The number of aromatic nitrogens is 5. The van der Waals surface area contributed by atoms with Crippen molar-refractivity contribution >= 4 is 5.97 Å². The Balaban J connectivity index is 2.14. The minimum atomic E-state index is -1.10. The first kappa shape index (κ1) is 13.8. The monoisotopic (exact) mass is 299 g/mol. The van der Waals surface area contributed by atoms with Crippen molar-refractivity contribution in [3.8, 4) is 23.0 Å². The van der Waals surface area contributed by atoms with E-state index in [1.807, 2.05) is 0 Å². The first-order valence-electron chi connectivity index (χ1n) is 6.42. The van der Waals surface area contributed by atoms with Gasteiger partial charge in [-0.3, -0.25) is 4.68 Å².